The number of aliphatic hydroxyl groups excluding tert-OH is 1. The second kappa shape index (κ2) is 7.61. The maximum atomic E-state index is 13.0. The number of hydrogen-bond acceptors (Lipinski definition) is 3. The first-order valence-corrected chi connectivity index (χ1v) is 5.75. The highest BCUT2D eigenvalue weighted by Gasteiger charge is 2.13. The van der Waals surface area contributed by atoms with E-state index in [0.717, 1.165) is 18.7 Å². The fraction of sp³-hybridized carbons (Fsp3) is 0.357. The molecule has 4 heteroatoms. The van der Waals surface area contributed by atoms with Crippen molar-refractivity contribution in [3.63, 3.8) is 0 Å². The first kappa shape index (κ1) is 14.4. The number of rotatable bonds is 6. The molecule has 0 unspecified atom stereocenters. The van der Waals surface area contributed by atoms with Crippen LogP contribution in [0.5, 0.6) is 0 Å². The van der Waals surface area contributed by atoms with E-state index in [2.05, 4.69) is 4.74 Å². The molecule has 18 heavy (non-hydrogen) atoms. The standard InChI is InChI=1S/C14H17FO3/c1-18-14(17)13(15)10-9-12(16)8-7-11-5-3-2-4-6-11/h2-6,9-10,12-13,16H,7-8H2,1H3/b10-9+/t12-,13-/m0/s1. The molecule has 0 saturated heterocycles. The summed E-state index contributed by atoms with van der Waals surface area (Å²) in [6, 6.07) is 9.69. The van der Waals surface area contributed by atoms with E-state index in [4.69, 9.17) is 0 Å². The average molecular weight is 252 g/mol. The molecule has 1 aromatic carbocycles. The molecule has 0 amide bonds. The molecule has 0 radical (unpaired) electrons. The normalized spacial score (nSPS) is 14.4. The highest BCUT2D eigenvalue weighted by atomic mass is 19.1. The summed E-state index contributed by atoms with van der Waals surface area (Å²) in [5.41, 5.74) is 1.11. The third kappa shape index (κ3) is 5.10. The predicted molar refractivity (Wildman–Crippen MR) is 66.8 cm³/mol. The smallest absolute Gasteiger partial charge is 0.344 e. The lowest BCUT2D eigenvalue weighted by molar-refractivity contribution is -0.144. The number of benzene rings is 1. The maximum Gasteiger partial charge on any atom is 0.344 e. The minimum atomic E-state index is -1.82. The van der Waals surface area contributed by atoms with Crippen LogP contribution >= 0.6 is 0 Å². The number of halogens is 1. The Labute approximate surface area is 106 Å². The number of hydrogen-bond donors (Lipinski definition) is 1. The lowest BCUT2D eigenvalue weighted by Crippen LogP contribution is -2.15. The van der Waals surface area contributed by atoms with E-state index in [1.54, 1.807) is 0 Å². The van der Waals surface area contributed by atoms with Crippen molar-refractivity contribution in [3.05, 3.63) is 48.0 Å². The molecule has 0 fully saturated rings. The van der Waals surface area contributed by atoms with E-state index < -0.39 is 18.2 Å². The van der Waals surface area contributed by atoms with Crippen LogP contribution in [0.4, 0.5) is 4.39 Å². The molecule has 0 saturated carbocycles. The van der Waals surface area contributed by atoms with Gasteiger partial charge < -0.3 is 9.84 Å². The molecule has 98 valence electrons. The molecule has 1 N–H and O–H groups in total. The second-order valence-electron chi connectivity index (χ2n) is 3.90. The van der Waals surface area contributed by atoms with Crippen LogP contribution < -0.4 is 0 Å². The van der Waals surface area contributed by atoms with Crippen molar-refractivity contribution >= 4 is 5.97 Å². The Morgan fingerprint density at radius 2 is 2.06 bits per heavy atom. The van der Waals surface area contributed by atoms with Gasteiger partial charge in [0.15, 0.2) is 0 Å². The molecule has 3 nitrogen and oxygen atoms in total. The Hall–Kier alpha value is -1.68. The van der Waals surface area contributed by atoms with Gasteiger partial charge in [-0.3, -0.25) is 0 Å². The van der Waals surface area contributed by atoms with Crippen molar-refractivity contribution in [1.29, 1.82) is 0 Å². The van der Waals surface area contributed by atoms with Crippen LogP contribution in [0.15, 0.2) is 42.5 Å². The molecule has 1 aromatic rings. The molecule has 2 atom stereocenters. The summed E-state index contributed by atoms with van der Waals surface area (Å²) < 4.78 is 17.3. The summed E-state index contributed by atoms with van der Waals surface area (Å²) in [6.07, 6.45) is 0.886. The van der Waals surface area contributed by atoms with Crippen molar-refractivity contribution in [2.24, 2.45) is 0 Å². The number of carbonyl (C=O) groups is 1. The van der Waals surface area contributed by atoms with Crippen LogP contribution in [0.25, 0.3) is 0 Å². The first-order valence-electron chi connectivity index (χ1n) is 5.75. The van der Waals surface area contributed by atoms with Gasteiger partial charge >= 0.3 is 5.97 Å². The van der Waals surface area contributed by atoms with Gasteiger partial charge in [0.2, 0.25) is 6.17 Å². The van der Waals surface area contributed by atoms with Gasteiger partial charge in [-0.05, 0) is 24.5 Å². The van der Waals surface area contributed by atoms with Crippen LogP contribution in [0.1, 0.15) is 12.0 Å². The van der Waals surface area contributed by atoms with E-state index in [1.165, 1.54) is 6.08 Å². The topological polar surface area (TPSA) is 46.5 Å². The van der Waals surface area contributed by atoms with E-state index in [1.807, 2.05) is 30.3 Å². The molecule has 0 aromatic heterocycles. The third-order valence-electron chi connectivity index (χ3n) is 2.50. The van der Waals surface area contributed by atoms with Gasteiger partial charge in [0.1, 0.15) is 0 Å². The summed E-state index contributed by atoms with van der Waals surface area (Å²) in [6.45, 7) is 0. The average Bonchev–Trinajstić information content (AvgIpc) is 2.42. The van der Waals surface area contributed by atoms with Crippen molar-refractivity contribution < 1.29 is 19.0 Å². The monoisotopic (exact) mass is 252 g/mol. The Kier molecular flexibility index (Phi) is 6.08. The zero-order valence-electron chi connectivity index (χ0n) is 10.3. The van der Waals surface area contributed by atoms with Gasteiger partial charge in [-0.25, -0.2) is 9.18 Å². The van der Waals surface area contributed by atoms with Crippen molar-refractivity contribution in [2.45, 2.75) is 25.1 Å². The van der Waals surface area contributed by atoms with E-state index in [0.29, 0.717) is 12.8 Å². The molecular weight excluding hydrogens is 235 g/mol. The van der Waals surface area contributed by atoms with Gasteiger partial charge in [-0.2, -0.15) is 0 Å². The van der Waals surface area contributed by atoms with Crippen molar-refractivity contribution in [3.8, 4) is 0 Å². The number of ether oxygens (including phenoxy) is 1. The third-order valence-corrected chi connectivity index (χ3v) is 2.50. The van der Waals surface area contributed by atoms with Gasteiger partial charge in [-0.1, -0.05) is 36.4 Å². The van der Waals surface area contributed by atoms with Gasteiger partial charge in [0.25, 0.3) is 0 Å². The number of esters is 1. The number of carbonyl (C=O) groups excluding carboxylic acids is 1. The van der Waals surface area contributed by atoms with Gasteiger partial charge in [0, 0.05) is 0 Å². The second-order valence-corrected chi connectivity index (χ2v) is 3.90. The molecule has 0 aliphatic heterocycles. The largest absolute Gasteiger partial charge is 0.467 e. The first-order chi connectivity index (χ1) is 8.63. The van der Waals surface area contributed by atoms with Crippen LogP contribution in [-0.4, -0.2) is 30.5 Å². The molecule has 1 rings (SSSR count). The van der Waals surface area contributed by atoms with E-state index >= 15 is 0 Å². The van der Waals surface area contributed by atoms with E-state index in [-0.39, 0.29) is 0 Å². The zero-order chi connectivity index (χ0) is 13.4. The Balaban J connectivity index is 2.35. The lowest BCUT2D eigenvalue weighted by atomic mass is 10.1. The summed E-state index contributed by atoms with van der Waals surface area (Å²) >= 11 is 0. The molecule has 0 aliphatic rings. The van der Waals surface area contributed by atoms with E-state index in [9.17, 15) is 14.3 Å². The molecule has 0 spiro atoms. The molecule has 0 bridgehead atoms. The highest BCUT2D eigenvalue weighted by Crippen LogP contribution is 2.06. The summed E-state index contributed by atoms with van der Waals surface area (Å²) in [4.78, 5) is 10.8. The molecule has 0 heterocycles. The van der Waals surface area contributed by atoms with Crippen LogP contribution in [0.2, 0.25) is 0 Å². The lowest BCUT2D eigenvalue weighted by Gasteiger charge is -2.06. The quantitative estimate of drug-likeness (QED) is 0.622. The fourth-order valence-electron chi connectivity index (χ4n) is 1.47. The summed E-state index contributed by atoms with van der Waals surface area (Å²) in [5, 5.41) is 9.61. The summed E-state index contributed by atoms with van der Waals surface area (Å²) in [5.74, 6) is -0.957. The number of aliphatic hydroxyl groups is 1. The summed E-state index contributed by atoms with van der Waals surface area (Å²) in [7, 11) is 1.12. The minimum Gasteiger partial charge on any atom is -0.467 e. The Bertz CT molecular complexity index is 389. The SMILES string of the molecule is COC(=O)[C@@H](F)/C=C/[C@@H](O)CCc1ccccc1. The minimum absolute atomic E-state index is 0.481. The van der Waals surface area contributed by atoms with Gasteiger partial charge in [-0.15, -0.1) is 0 Å². The predicted octanol–water partition coefficient (Wildman–Crippen LogP) is 2.05. The maximum absolute atomic E-state index is 13.0. The zero-order valence-corrected chi connectivity index (χ0v) is 10.3. The fourth-order valence-corrected chi connectivity index (χ4v) is 1.47. The number of methoxy groups -OCH3 is 1. The van der Waals surface area contributed by atoms with Crippen LogP contribution in [0.3, 0.4) is 0 Å². The number of alkyl halides is 1. The molecular formula is C14H17FO3. The van der Waals surface area contributed by atoms with Crippen LogP contribution in [0, 0.1) is 0 Å². The van der Waals surface area contributed by atoms with Crippen LogP contribution in [-0.2, 0) is 16.0 Å². The van der Waals surface area contributed by atoms with Gasteiger partial charge in [0.05, 0.1) is 13.2 Å². The van der Waals surface area contributed by atoms with Crippen molar-refractivity contribution in [1.82, 2.24) is 0 Å². The van der Waals surface area contributed by atoms with Crippen molar-refractivity contribution in [2.75, 3.05) is 7.11 Å². The Morgan fingerprint density at radius 1 is 1.39 bits per heavy atom. The number of aryl methyl sites for hydroxylation is 1. The highest BCUT2D eigenvalue weighted by molar-refractivity contribution is 5.76. The molecule has 0 aliphatic carbocycles. The Morgan fingerprint density at radius 3 is 2.67 bits per heavy atom.